The van der Waals surface area contributed by atoms with E-state index < -0.39 is 10.0 Å². The Morgan fingerprint density at radius 2 is 1.70 bits per heavy atom. The fourth-order valence-electron chi connectivity index (χ4n) is 3.88. The van der Waals surface area contributed by atoms with E-state index >= 15 is 0 Å². The molecule has 0 aromatic heterocycles. The van der Waals surface area contributed by atoms with E-state index in [0.717, 1.165) is 24.2 Å². The maximum absolute atomic E-state index is 12.6. The van der Waals surface area contributed by atoms with Crippen LogP contribution in [-0.2, 0) is 27.7 Å². The molecule has 2 aromatic carbocycles. The van der Waals surface area contributed by atoms with E-state index in [2.05, 4.69) is 6.07 Å². The summed E-state index contributed by atoms with van der Waals surface area (Å²) in [6.07, 6.45) is 4.95. The van der Waals surface area contributed by atoms with Gasteiger partial charge in [-0.05, 0) is 54.2 Å². The SMILES string of the molecule is O=C(COc1ccc2c(c1)CCC2)N1CCN(S(=O)(=O)C=Cc2ccccc2)CC1. The summed E-state index contributed by atoms with van der Waals surface area (Å²) in [6.45, 7) is 1.27. The van der Waals surface area contributed by atoms with Gasteiger partial charge in [-0.2, -0.15) is 4.31 Å². The van der Waals surface area contributed by atoms with Crippen molar-refractivity contribution in [2.75, 3.05) is 32.8 Å². The highest BCUT2D eigenvalue weighted by Gasteiger charge is 2.27. The summed E-state index contributed by atoms with van der Waals surface area (Å²) < 4.78 is 32.2. The number of amides is 1. The van der Waals surface area contributed by atoms with Crippen molar-refractivity contribution in [3.05, 3.63) is 70.6 Å². The monoisotopic (exact) mass is 426 g/mol. The summed E-state index contributed by atoms with van der Waals surface area (Å²) in [4.78, 5) is 14.2. The van der Waals surface area contributed by atoms with E-state index in [0.29, 0.717) is 13.1 Å². The highest BCUT2D eigenvalue weighted by Crippen LogP contribution is 2.26. The third kappa shape index (κ3) is 4.91. The average molecular weight is 427 g/mol. The predicted octanol–water partition coefficient (Wildman–Crippen LogP) is 2.70. The number of rotatable bonds is 6. The van der Waals surface area contributed by atoms with Gasteiger partial charge >= 0.3 is 0 Å². The fraction of sp³-hybridized carbons (Fsp3) is 0.348. The summed E-state index contributed by atoms with van der Waals surface area (Å²) in [7, 11) is -3.51. The molecule has 1 amide bonds. The number of hydrogen-bond acceptors (Lipinski definition) is 4. The van der Waals surface area contributed by atoms with Crippen molar-refractivity contribution in [3.63, 3.8) is 0 Å². The Hall–Kier alpha value is -2.64. The number of aryl methyl sites for hydroxylation is 2. The van der Waals surface area contributed by atoms with Gasteiger partial charge in [0.15, 0.2) is 6.61 Å². The molecule has 158 valence electrons. The molecule has 0 radical (unpaired) electrons. The number of ether oxygens (including phenoxy) is 1. The van der Waals surface area contributed by atoms with Gasteiger partial charge in [0.1, 0.15) is 5.75 Å². The first kappa shape index (κ1) is 20.6. The lowest BCUT2D eigenvalue weighted by atomic mass is 10.1. The van der Waals surface area contributed by atoms with Crippen LogP contribution in [0, 0.1) is 0 Å². The zero-order valence-electron chi connectivity index (χ0n) is 16.9. The minimum atomic E-state index is -3.51. The number of fused-ring (bicyclic) bond motifs is 1. The van der Waals surface area contributed by atoms with Crippen LogP contribution < -0.4 is 4.74 Å². The van der Waals surface area contributed by atoms with Gasteiger partial charge in [-0.3, -0.25) is 4.79 Å². The standard InChI is InChI=1S/C23H26N2O4S/c26-23(18-29-22-10-9-20-7-4-8-21(20)17-22)24-12-14-25(15-13-24)30(27,28)16-11-19-5-2-1-3-6-19/h1-3,5-6,9-11,16-17H,4,7-8,12-15,18H2. The quantitative estimate of drug-likeness (QED) is 0.712. The molecular formula is C23H26N2O4S. The molecule has 30 heavy (non-hydrogen) atoms. The predicted molar refractivity (Wildman–Crippen MR) is 117 cm³/mol. The zero-order chi connectivity index (χ0) is 21.0. The molecule has 0 saturated carbocycles. The topological polar surface area (TPSA) is 66.9 Å². The molecule has 1 aliphatic carbocycles. The first-order chi connectivity index (χ1) is 14.5. The second-order valence-electron chi connectivity index (χ2n) is 7.61. The molecule has 0 atom stereocenters. The van der Waals surface area contributed by atoms with Crippen molar-refractivity contribution in [1.82, 2.24) is 9.21 Å². The number of carbonyl (C=O) groups is 1. The minimum absolute atomic E-state index is 0.0283. The number of nitrogens with zero attached hydrogens (tertiary/aromatic N) is 2. The van der Waals surface area contributed by atoms with Crippen molar-refractivity contribution < 1.29 is 17.9 Å². The Labute approximate surface area is 177 Å². The third-order valence-electron chi connectivity index (χ3n) is 5.62. The van der Waals surface area contributed by atoms with E-state index in [1.807, 2.05) is 42.5 Å². The van der Waals surface area contributed by atoms with Gasteiger partial charge in [-0.1, -0.05) is 36.4 Å². The first-order valence-electron chi connectivity index (χ1n) is 10.3. The Morgan fingerprint density at radius 3 is 2.47 bits per heavy atom. The number of hydrogen-bond donors (Lipinski definition) is 0. The maximum Gasteiger partial charge on any atom is 0.260 e. The smallest absolute Gasteiger partial charge is 0.260 e. The largest absolute Gasteiger partial charge is 0.484 e. The van der Waals surface area contributed by atoms with E-state index in [1.165, 1.54) is 27.3 Å². The van der Waals surface area contributed by atoms with Crippen molar-refractivity contribution in [2.24, 2.45) is 0 Å². The van der Waals surface area contributed by atoms with Crippen LogP contribution in [0.15, 0.2) is 53.9 Å². The number of benzene rings is 2. The Morgan fingerprint density at radius 1 is 0.967 bits per heavy atom. The highest BCUT2D eigenvalue weighted by molar-refractivity contribution is 7.92. The highest BCUT2D eigenvalue weighted by atomic mass is 32.2. The lowest BCUT2D eigenvalue weighted by Crippen LogP contribution is -2.51. The molecule has 1 saturated heterocycles. The van der Waals surface area contributed by atoms with Crippen molar-refractivity contribution in [3.8, 4) is 5.75 Å². The fourth-order valence-corrected chi connectivity index (χ4v) is 5.05. The third-order valence-corrected chi connectivity index (χ3v) is 7.18. The van der Waals surface area contributed by atoms with Gasteiger partial charge in [-0.15, -0.1) is 0 Å². The lowest BCUT2D eigenvalue weighted by molar-refractivity contribution is -0.134. The Kier molecular flexibility index (Phi) is 6.20. The molecule has 1 aliphatic heterocycles. The second kappa shape index (κ2) is 9.02. The summed E-state index contributed by atoms with van der Waals surface area (Å²) in [5.41, 5.74) is 3.51. The molecule has 7 heteroatoms. The van der Waals surface area contributed by atoms with E-state index in [1.54, 1.807) is 11.0 Å². The maximum atomic E-state index is 12.6. The molecular weight excluding hydrogens is 400 g/mol. The van der Waals surface area contributed by atoms with Crippen LogP contribution in [0.1, 0.15) is 23.1 Å². The molecule has 1 heterocycles. The minimum Gasteiger partial charge on any atom is -0.484 e. The summed E-state index contributed by atoms with van der Waals surface area (Å²) in [6, 6.07) is 15.3. The van der Waals surface area contributed by atoms with Gasteiger partial charge in [0, 0.05) is 31.6 Å². The zero-order valence-corrected chi connectivity index (χ0v) is 17.7. The van der Waals surface area contributed by atoms with E-state index in [4.69, 9.17) is 4.74 Å². The first-order valence-corrected chi connectivity index (χ1v) is 11.8. The number of sulfonamides is 1. The van der Waals surface area contributed by atoms with Gasteiger partial charge < -0.3 is 9.64 Å². The number of carbonyl (C=O) groups excluding carboxylic acids is 1. The Bertz CT molecular complexity index is 1030. The van der Waals surface area contributed by atoms with Gasteiger partial charge in [0.2, 0.25) is 10.0 Å². The van der Waals surface area contributed by atoms with Crippen LogP contribution in [0.3, 0.4) is 0 Å². The lowest BCUT2D eigenvalue weighted by Gasteiger charge is -2.33. The van der Waals surface area contributed by atoms with Gasteiger partial charge in [-0.25, -0.2) is 8.42 Å². The molecule has 1 fully saturated rings. The molecule has 4 rings (SSSR count). The van der Waals surface area contributed by atoms with E-state index in [-0.39, 0.29) is 25.6 Å². The average Bonchev–Trinajstić information content (AvgIpc) is 3.25. The van der Waals surface area contributed by atoms with Crippen molar-refractivity contribution >= 4 is 22.0 Å². The molecule has 0 N–H and O–H groups in total. The normalized spacial score (nSPS) is 17.3. The molecule has 6 nitrogen and oxygen atoms in total. The second-order valence-corrected chi connectivity index (χ2v) is 9.43. The number of piperazine rings is 1. The summed E-state index contributed by atoms with van der Waals surface area (Å²) >= 11 is 0. The molecule has 0 unspecified atom stereocenters. The molecule has 2 aromatic rings. The van der Waals surface area contributed by atoms with Gasteiger partial charge in [0.05, 0.1) is 0 Å². The molecule has 0 bridgehead atoms. The van der Waals surface area contributed by atoms with E-state index in [9.17, 15) is 13.2 Å². The summed E-state index contributed by atoms with van der Waals surface area (Å²) in [5.74, 6) is 0.601. The van der Waals surface area contributed by atoms with Crippen molar-refractivity contribution in [2.45, 2.75) is 19.3 Å². The molecule has 2 aliphatic rings. The van der Waals surface area contributed by atoms with Crippen LogP contribution in [0.4, 0.5) is 0 Å². The Balaban J connectivity index is 1.27. The summed E-state index contributed by atoms with van der Waals surface area (Å²) in [5, 5.41) is 1.23. The molecule has 0 spiro atoms. The van der Waals surface area contributed by atoms with Crippen LogP contribution >= 0.6 is 0 Å². The van der Waals surface area contributed by atoms with Crippen LogP contribution in [0.25, 0.3) is 6.08 Å². The van der Waals surface area contributed by atoms with Crippen LogP contribution in [0.5, 0.6) is 5.75 Å². The van der Waals surface area contributed by atoms with Gasteiger partial charge in [0.25, 0.3) is 5.91 Å². The van der Waals surface area contributed by atoms with Crippen LogP contribution in [0.2, 0.25) is 0 Å². The van der Waals surface area contributed by atoms with Crippen molar-refractivity contribution in [1.29, 1.82) is 0 Å². The van der Waals surface area contributed by atoms with Crippen LogP contribution in [-0.4, -0.2) is 56.3 Å².